The first-order valence-corrected chi connectivity index (χ1v) is 4.49. The third-order valence-electron chi connectivity index (χ3n) is 1.65. The summed E-state index contributed by atoms with van der Waals surface area (Å²) in [7, 11) is 0. The summed E-state index contributed by atoms with van der Waals surface area (Å²) < 4.78 is 37.3. The highest BCUT2D eigenvalue weighted by atomic mass is 79.9. The van der Waals surface area contributed by atoms with E-state index < -0.39 is 11.7 Å². The lowest BCUT2D eigenvalue weighted by atomic mass is 10.2. The van der Waals surface area contributed by atoms with Gasteiger partial charge in [0.05, 0.1) is 5.57 Å². The molecule has 78 valence electrons. The minimum Gasteiger partial charge on any atom is -0.402 e. The first-order chi connectivity index (χ1) is 6.30. The minimum atomic E-state index is -4.41. The number of hydrogen-bond donors (Lipinski definition) is 2. The Bertz CT molecular complexity index is 339. The lowest BCUT2D eigenvalue weighted by Gasteiger charge is -2.06. The van der Waals surface area contributed by atoms with Crippen molar-refractivity contribution in [2.45, 2.75) is 12.6 Å². The summed E-state index contributed by atoms with van der Waals surface area (Å²) in [5, 5.41) is 0. The normalized spacial score (nSPS) is 18.9. The fourth-order valence-corrected chi connectivity index (χ4v) is 1.38. The monoisotopic (exact) mass is 268 g/mol. The first-order valence-electron chi connectivity index (χ1n) is 3.70. The molecule has 4 N–H and O–H groups in total. The van der Waals surface area contributed by atoms with Crippen LogP contribution in [0.5, 0.6) is 0 Å². The molecular formula is C8H8BrF3N2. The van der Waals surface area contributed by atoms with Crippen LogP contribution in [0.4, 0.5) is 13.2 Å². The minimum absolute atomic E-state index is 0.0977. The van der Waals surface area contributed by atoms with E-state index in [4.69, 9.17) is 11.5 Å². The SMILES string of the molecule is NC1=CC(C(F)(F)F)=CC(Br)=C(N)C1. The average Bonchev–Trinajstić information content (AvgIpc) is 2.11. The molecule has 0 unspecified atom stereocenters. The van der Waals surface area contributed by atoms with Gasteiger partial charge in [-0.15, -0.1) is 0 Å². The Morgan fingerprint density at radius 3 is 2.29 bits per heavy atom. The highest BCUT2D eigenvalue weighted by molar-refractivity contribution is 9.11. The number of halogens is 4. The van der Waals surface area contributed by atoms with Crippen molar-refractivity contribution in [2.24, 2.45) is 11.5 Å². The maximum atomic E-state index is 12.3. The molecule has 0 heterocycles. The first kappa shape index (κ1) is 11.2. The van der Waals surface area contributed by atoms with E-state index in [2.05, 4.69) is 15.9 Å². The molecule has 14 heavy (non-hydrogen) atoms. The van der Waals surface area contributed by atoms with Gasteiger partial charge in [0.2, 0.25) is 0 Å². The summed E-state index contributed by atoms with van der Waals surface area (Å²) >= 11 is 2.95. The van der Waals surface area contributed by atoms with Crippen LogP contribution in [-0.2, 0) is 0 Å². The van der Waals surface area contributed by atoms with Crippen LogP contribution < -0.4 is 11.5 Å². The molecule has 0 saturated heterocycles. The summed E-state index contributed by atoms with van der Waals surface area (Å²) in [6.45, 7) is 0. The van der Waals surface area contributed by atoms with E-state index in [1.165, 1.54) is 0 Å². The molecule has 1 aliphatic carbocycles. The third kappa shape index (κ3) is 2.54. The van der Waals surface area contributed by atoms with Crippen molar-refractivity contribution in [3.8, 4) is 0 Å². The molecular weight excluding hydrogens is 261 g/mol. The van der Waals surface area contributed by atoms with Crippen molar-refractivity contribution in [1.29, 1.82) is 0 Å². The zero-order valence-corrected chi connectivity index (χ0v) is 8.61. The molecule has 0 saturated carbocycles. The lowest BCUT2D eigenvalue weighted by molar-refractivity contribution is -0.0882. The fourth-order valence-electron chi connectivity index (χ4n) is 0.990. The van der Waals surface area contributed by atoms with Crippen LogP contribution in [0.1, 0.15) is 6.42 Å². The Labute approximate surface area is 87.3 Å². The van der Waals surface area contributed by atoms with E-state index >= 15 is 0 Å². The van der Waals surface area contributed by atoms with Crippen LogP contribution >= 0.6 is 15.9 Å². The van der Waals surface area contributed by atoms with Crippen molar-refractivity contribution in [1.82, 2.24) is 0 Å². The van der Waals surface area contributed by atoms with E-state index in [-0.39, 0.29) is 22.3 Å². The number of rotatable bonds is 0. The molecule has 0 radical (unpaired) electrons. The Kier molecular flexibility index (Phi) is 2.94. The molecule has 1 aliphatic rings. The zero-order chi connectivity index (χ0) is 10.9. The smallest absolute Gasteiger partial charge is 0.402 e. The second kappa shape index (κ2) is 3.68. The third-order valence-corrected chi connectivity index (χ3v) is 2.39. The van der Waals surface area contributed by atoms with Gasteiger partial charge in [-0.2, -0.15) is 13.2 Å². The van der Waals surface area contributed by atoms with Crippen LogP contribution in [0.25, 0.3) is 0 Å². The second-order valence-electron chi connectivity index (χ2n) is 2.87. The van der Waals surface area contributed by atoms with Gasteiger partial charge in [-0.05, 0) is 28.1 Å². The molecule has 6 heteroatoms. The molecule has 1 rings (SSSR count). The zero-order valence-electron chi connectivity index (χ0n) is 7.03. The standard InChI is InChI=1S/C8H8BrF3N2/c9-6-2-4(8(10,11)12)1-5(13)3-7(6)14/h1-2H,3,13-14H2. The molecule has 0 atom stereocenters. The van der Waals surface area contributed by atoms with Gasteiger partial charge >= 0.3 is 6.18 Å². The fraction of sp³-hybridized carbons (Fsp3) is 0.250. The van der Waals surface area contributed by atoms with E-state index in [9.17, 15) is 13.2 Å². The molecule has 0 aromatic rings. The van der Waals surface area contributed by atoms with Gasteiger partial charge in [-0.3, -0.25) is 0 Å². The molecule has 0 aliphatic heterocycles. The Morgan fingerprint density at radius 1 is 1.21 bits per heavy atom. The van der Waals surface area contributed by atoms with Gasteiger partial charge in [-0.1, -0.05) is 0 Å². The van der Waals surface area contributed by atoms with Gasteiger partial charge in [0, 0.05) is 22.3 Å². The average molecular weight is 269 g/mol. The van der Waals surface area contributed by atoms with Crippen molar-refractivity contribution < 1.29 is 13.2 Å². The highest BCUT2D eigenvalue weighted by Gasteiger charge is 2.33. The van der Waals surface area contributed by atoms with E-state index in [0.717, 1.165) is 12.2 Å². The summed E-state index contributed by atoms with van der Waals surface area (Å²) in [6, 6.07) is 0. The van der Waals surface area contributed by atoms with Crippen LogP contribution in [0, 0.1) is 0 Å². The van der Waals surface area contributed by atoms with Gasteiger partial charge in [0.15, 0.2) is 0 Å². The molecule has 0 bridgehead atoms. The summed E-state index contributed by atoms with van der Waals surface area (Å²) in [6.07, 6.45) is -2.46. The predicted octanol–water partition coefficient (Wildman–Crippen LogP) is 2.29. The van der Waals surface area contributed by atoms with Crippen molar-refractivity contribution in [3.05, 3.63) is 33.6 Å². The summed E-state index contributed by atoms with van der Waals surface area (Å²) in [4.78, 5) is 0. The van der Waals surface area contributed by atoms with Gasteiger partial charge < -0.3 is 11.5 Å². The highest BCUT2D eigenvalue weighted by Crippen LogP contribution is 2.32. The lowest BCUT2D eigenvalue weighted by Crippen LogP contribution is -2.11. The molecule has 0 spiro atoms. The molecule has 0 amide bonds. The van der Waals surface area contributed by atoms with Crippen LogP contribution in [0.3, 0.4) is 0 Å². The number of allylic oxidation sites excluding steroid dienone is 4. The van der Waals surface area contributed by atoms with Crippen molar-refractivity contribution in [2.75, 3.05) is 0 Å². The summed E-state index contributed by atoms with van der Waals surface area (Å²) in [5.74, 6) is 0. The van der Waals surface area contributed by atoms with Crippen LogP contribution in [0.15, 0.2) is 33.6 Å². The van der Waals surface area contributed by atoms with E-state index in [1.807, 2.05) is 0 Å². The Balaban J connectivity index is 3.18. The van der Waals surface area contributed by atoms with Crippen molar-refractivity contribution in [3.63, 3.8) is 0 Å². The predicted molar refractivity (Wildman–Crippen MR) is 51.2 cm³/mol. The summed E-state index contributed by atoms with van der Waals surface area (Å²) in [5.41, 5.74) is 10.4. The Hall–Kier alpha value is -0.910. The maximum Gasteiger partial charge on any atom is 0.416 e. The molecule has 0 aromatic heterocycles. The second-order valence-corrected chi connectivity index (χ2v) is 3.72. The van der Waals surface area contributed by atoms with Crippen molar-refractivity contribution >= 4 is 15.9 Å². The van der Waals surface area contributed by atoms with Crippen LogP contribution in [-0.4, -0.2) is 6.18 Å². The topological polar surface area (TPSA) is 52.0 Å². The number of hydrogen-bond acceptors (Lipinski definition) is 2. The maximum absolute atomic E-state index is 12.3. The van der Waals surface area contributed by atoms with E-state index in [1.54, 1.807) is 0 Å². The molecule has 0 aromatic carbocycles. The van der Waals surface area contributed by atoms with E-state index in [0.29, 0.717) is 0 Å². The number of nitrogens with two attached hydrogens (primary N) is 2. The van der Waals surface area contributed by atoms with Crippen LogP contribution in [0.2, 0.25) is 0 Å². The van der Waals surface area contributed by atoms with Gasteiger partial charge in [-0.25, -0.2) is 0 Å². The number of alkyl halides is 3. The van der Waals surface area contributed by atoms with Gasteiger partial charge in [0.25, 0.3) is 0 Å². The Morgan fingerprint density at radius 2 is 1.79 bits per heavy atom. The largest absolute Gasteiger partial charge is 0.416 e. The van der Waals surface area contributed by atoms with Gasteiger partial charge in [0.1, 0.15) is 0 Å². The molecule has 2 nitrogen and oxygen atoms in total. The molecule has 0 fully saturated rings. The quantitative estimate of drug-likeness (QED) is 0.708.